The number of nitrogens with one attached hydrogen (secondary N) is 1. The van der Waals surface area contributed by atoms with Crippen LogP contribution >= 0.6 is 27.5 Å². The van der Waals surface area contributed by atoms with Gasteiger partial charge in [-0.15, -0.1) is 0 Å². The third-order valence-corrected chi connectivity index (χ3v) is 4.22. The highest BCUT2D eigenvalue weighted by atomic mass is 79.9. The first-order valence-corrected chi connectivity index (χ1v) is 8.65. The maximum Gasteiger partial charge on any atom is 0.291 e. The summed E-state index contributed by atoms with van der Waals surface area (Å²) in [5.74, 6) is -0.378. The van der Waals surface area contributed by atoms with E-state index in [2.05, 4.69) is 31.6 Å². The summed E-state index contributed by atoms with van der Waals surface area (Å²) in [4.78, 5) is 12.1. The molecule has 0 unspecified atom stereocenters. The van der Waals surface area contributed by atoms with E-state index in [0.717, 1.165) is 15.6 Å². The monoisotopic (exact) mass is 416 g/mol. The highest BCUT2D eigenvalue weighted by Crippen LogP contribution is 2.13. The second-order valence-electron chi connectivity index (χ2n) is 5.25. The number of carbonyl (C=O) groups is 1. The van der Waals surface area contributed by atoms with Crippen LogP contribution < -0.4 is 5.43 Å². The van der Waals surface area contributed by atoms with E-state index in [0.29, 0.717) is 17.3 Å². The zero-order valence-corrected chi connectivity index (χ0v) is 15.4. The highest BCUT2D eigenvalue weighted by molar-refractivity contribution is 9.10. The Morgan fingerprint density at radius 2 is 2.08 bits per heavy atom. The summed E-state index contributed by atoms with van der Waals surface area (Å²) >= 11 is 9.46. The van der Waals surface area contributed by atoms with Crippen LogP contribution in [0.2, 0.25) is 5.02 Å². The van der Waals surface area contributed by atoms with Crippen LogP contribution in [-0.2, 0) is 6.54 Å². The number of rotatable bonds is 5. The molecule has 0 radical (unpaired) electrons. The average molecular weight is 418 g/mol. The molecule has 0 spiro atoms. The van der Waals surface area contributed by atoms with Crippen molar-refractivity contribution in [1.82, 2.24) is 15.2 Å². The van der Waals surface area contributed by atoms with Crippen molar-refractivity contribution in [3.05, 3.63) is 87.1 Å². The summed E-state index contributed by atoms with van der Waals surface area (Å²) < 4.78 is 2.71. The number of benzene rings is 2. The Hall–Kier alpha value is -2.44. The Balaban J connectivity index is 1.62. The zero-order valence-electron chi connectivity index (χ0n) is 13.1. The minimum absolute atomic E-state index is 0.298. The Kier molecular flexibility index (Phi) is 5.63. The predicted molar refractivity (Wildman–Crippen MR) is 102 cm³/mol. The van der Waals surface area contributed by atoms with E-state index in [-0.39, 0.29) is 5.91 Å². The zero-order chi connectivity index (χ0) is 17.6. The van der Waals surface area contributed by atoms with Gasteiger partial charge in [-0.3, -0.25) is 9.48 Å². The molecule has 0 atom stereocenters. The fourth-order valence-corrected chi connectivity index (χ4v) is 2.82. The molecule has 0 bridgehead atoms. The van der Waals surface area contributed by atoms with Gasteiger partial charge in [0.15, 0.2) is 5.69 Å². The molecule has 0 fully saturated rings. The third kappa shape index (κ3) is 4.78. The van der Waals surface area contributed by atoms with E-state index in [1.54, 1.807) is 23.0 Å². The molecule has 3 aromatic rings. The molecular formula is C18H14BrClN4O. The molecule has 1 amide bonds. The van der Waals surface area contributed by atoms with Crippen molar-refractivity contribution in [3.8, 4) is 0 Å². The molecule has 0 saturated carbocycles. The smallest absolute Gasteiger partial charge is 0.268 e. The normalized spacial score (nSPS) is 11.0. The van der Waals surface area contributed by atoms with Crippen LogP contribution in [0.15, 0.2) is 70.4 Å². The minimum atomic E-state index is -0.378. The van der Waals surface area contributed by atoms with Gasteiger partial charge in [-0.1, -0.05) is 57.9 Å². The maximum absolute atomic E-state index is 12.1. The van der Waals surface area contributed by atoms with Gasteiger partial charge in [0.05, 0.1) is 12.8 Å². The van der Waals surface area contributed by atoms with Crippen molar-refractivity contribution in [2.45, 2.75) is 6.54 Å². The van der Waals surface area contributed by atoms with E-state index in [1.165, 1.54) is 6.21 Å². The Morgan fingerprint density at radius 3 is 2.88 bits per heavy atom. The number of carbonyl (C=O) groups excluding carboxylic acids is 1. The molecule has 3 rings (SSSR count). The number of aromatic nitrogens is 2. The van der Waals surface area contributed by atoms with Crippen LogP contribution in [0.4, 0.5) is 0 Å². The third-order valence-electron chi connectivity index (χ3n) is 3.38. The molecule has 1 aromatic heterocycles. The SMILES string of the molecule is O=C(N/N=C/c1ccccc1Cl)c1ccn(Cc2cccc(Br)c2)n1. The molecule has 0 saturated heterocycles. The molecule has 126 valence electrons. The van der Waals surface area contributed by atoms with Gasteiger partial charge >= 0.3 is 0 Å². The van der Waals surface area contributed by atoms with Crippen molar-refractivity contribution in [3.63, 3.8) is 0 Å². The molecule has 2 aromatic carbocycles. The largest absolute Gasteiger partial charge is 0.291 e. The van der Waals surface area contributed by atoms with Crippen LogP contribution in [0.1, 0.15) is 21.6 Å². The first kappa shape index (κ1) is 17.4. The second kappa shape index (κ2) is 8.09. The van der Waals surface area contributed by atoms with E-state index in [1.807, 2.05) is 42.5 Å². The second-order valence-corrected chi connectivity index (χ2v) is 6.57. The van der Waals surface area contributed by atoms with E-state index in [4.69, 9.17) is 11.6 Å². The number of halogens is 2. The summed E-state index contributed by atoms with van der Waals surface area (Å²) in [6, 6.07) is 16.8. The fraction of sp³-hybridized carbons (Fsp3) is 0.0556. The van der Waals surface area contributed by atoms with Crippen LogP contribution in [-0.4, -0.2) is 21.9 Å². The Labute approximate surface area is 158 Å². The van der Waals surface area contributed by atoms with Gasteiger partial charge < -0.3 is 0 Å². The molecule has 1 heterocycles. The van der Waals surface area contributed by atoms with Gasteiger partial charge in [0.25, 0.3) is 5.91 Å². The topological polar surface area (TPSA) is 59.3 Å². The van der Waals surface area contributed by atoms with Gasteiger partial charge in [0.2, 0.25) is 0 Å². The number of hydrogen-bond donors (Lipinski definition) is 1. The summed E-state index contributed by atoms with van der Waals surface area (Å²) in [5.41, 5.74) is 4.56. The van der Waals surface area contributed by atoms with Gasteiger partial charge in [-0.25, -0.2) is 5.43 Å². The molecule has 1 N–H and O–H groups in total. The number of amides is 1. The molecule has 7 heteroatoms. The van der Waals surface area contributed by atoms with Crippen LogP contribution in [0, 0.1) is 0 Å². The van der Waals surface area contributed by atoms with Gasteiger partial charge in [-0.05, 0) is 29.8 Å². The molecule has 25 heavy (non-hydrogen) atoms. The number of hydrogen-bond acceptors (Lipinski definition) is 3. The van der Waals surface area contributed by atoms with Crippen molar-refractivity contribution in [2.75, 3.05) is 0 Å². The van der Waals surface area contributed by atoms with Crippen molar-refractivity contribution in [2.24, 2.45) is 5.10 Å². The summed E-state index contributed by atoms with van der Waals surface area (Å²) in [6.07, 6.45) is 3.26. The summed E-state index contributed by atoms with van der Waals surface area (Å²) in [5, 5.41) is 8.76. The van der Waals surface area contributed by atoms with Crippen molar-refractivity contribution < 1.29 is 4.79 Å². The average Bonchev–Trinajstić information content (AvgIpc) is 3.05. The first-order chi connectivity index (χ1) is 12.1. The lowest BCUT2D eigenvalue weighted by Crippen LogP contribution is -2.18. The van der Waals surface area contributed by atoms with E-state index < -0.39 is 0 Å². The lowest BCUT2D eigenvalue weighted by atomic mass is 10.2. The maximum atomic E-state index is 12.1. The number of nitrogens with zero attached hydrogens (tertiary/aromatic N) is 3. The summed E-state index contributed by atoms with van der Waals surface area (Å²) in [6.45, 7) is 0.579. The van der Waals surface area contributed by atoms with Gasteiger partial charge in [-0.2, -0.15) is 10.2 Å². The van der Waals surface area contributed by atoms with Gasteiger partial charge in [0, 0.05) is 21.3 Å². The Bertz CT molecular complexity index is 923. The minimum Gasteiger partial charge on any atom is -0.268 e. The van der Waals surface area contributed by atoms with E-state index >= 15 is 0 Å². The molecular weight excluding hydrogens is 404 g/mol. The highest BCUT2D eigenvalue weighted by Gasteiger charge is 2.08. The fourth-order valence-electron chi connectivity index (χ4n) is 2.19. The van der Waals surface area contributed by atoms with Crippen LogP contribution in [0.25, 0.3) is 0 Å². The van der Waals surface area contributed by atoms with Crippen molar-refractivity contribution >= 4 is 39.7 Å². The quantitative estimate of drug-likeness (QED) is 0.502. The van der Waals surface area contributed by atoms with Crippen LogP contribution in [0.3, 0.4) is 0 Å². The molecule has 0 aliphatic rings. The van der Waals surface area contributed by atoms with Crippen LogP contribution in [0.5, 0.6) is 0 Å². The Morgan fingerprint density at radius 1 is 1.24 bits per heavy atom. The summed E-state index contributed by atoms with van der Waals surface area (Å²) in [7, 11) is 0. The lowest BCUT2D eigenvalue weighted by Gasteiger charge is -2.02. The molecule has 5 nitrogen and oxygen atoms in total. The standard InChI is InChI=1S/C18H14BrClN4O/c19-15-6-3-4-13(10-15)12-24-9-8-17(23-24)18(25)22-21-11-14-5-1-2-7-16(14)20/h1-11H,12H2,(H,22,25)/b21-11+. The van der Waals surface area contributed by atoms with E-state index in [9.17, 15) is 4.79 Å². The number of hydrazone groups is 1. The van der Waals surface area contributed by atoms with Gasteiger partial charge in [0.1, 0.15) is 0 Å². The van der Waals surface area contributed by atoms with Crippen molar-refractivity contribution in [1.29, 1.82) is 0 Å². The lowest BCUT2D eigenvalue weighted by molar-refractivity contribution is 0.0949. The molecule has 0 aliphatic carbocycles. The molecule has 0 aliphatic heterocycles. The first-order valence-electron chi connectivity index (χ1n) is 7.47. The predicted octanol–water partition coefficient (Wildman–Crippen LogP) is 4.11.